The number of nitrogens with zero attached hydrogens (tertiary/aromatic N) is 2. The number of hydrogen-bond acceptors (Lipinski definition) is 7. The van der Waals surface area contributed by atoms with Crippen LogP contribution in [0.5, 0.6) is 17.2 Å². The molecule has 0 saturated carbocycles. The van der Waals surface area contributed by atoms with Crippen LogP contribution in [-0.4, -0.2) is 56.3 Å². The summed E-state index contributed by atoms with van der Waals surface area (Å²) in [6, 6.07) is 13.4. The third-order valence-electron chi connectivity index (χ3n) is 5.34. The Morgan fingerprint density at radius 3 is 2.52 bits per heavy atom. The molecule has 1 N–H and O–H groups in total. The summed E-state index contributed by atoms with van der Waals surface area (Å²) in [6.07, 6.45) is 0. The van der Waals surface area contributed by atoms with Gasteiger partial charge in [0.15, 0.2) is 11.5 Å². The number of nitrogens with one attached hydrogen (secondary N) is 1. The summed E-state index contributed by atoms with van der Waals surface area (Å²) in [6.45, 7) is 8.09. The van der Waals surface area contributed by atoms with Gasteiger partial charge >= 0.3 is 0 Å². The number of amides is 1. The Labute approximate surface area is 199 Å². The zero-order chi connectivity index (χ0) is 23.6. The monoisotopic (exact) mass is 469 g/mol. The van der Waals surface area contributed by atoms with Crippen molar-refractivity contribution in [1.29, 1.82) is 0 Å². The quantitative estimate of drug-likeness (QED) is 0.422. The number of carbonyl (C=O) groups is 1. The van der Waals surface area contributed by atoms with Gasteiger partial charge in [-0.2, -0.15) is 0 Å². The van der Waals surface area contributed by atoms with Crippen molar-refractivity contribution in [3.8, 4) is 27.8 Å². The van der Waals surface area contributed by atoms with Crippen molar-refractivity contribution in [2.75, 3.05) is 40.5 Å². The minimum atomic E-state index is -0.239. The van der Waals surface area contributed by atoms with E-state index in [1.807, 2.05) is 42.5 Å². The summed E-state index contributed by atoms with van der Waals surface area (Å²) in [4.78, 5) is 19.6. The number of thiazole rings is 1. The zero-order valence-corrected chi connectivity index (χ0v) is 20.4. The van der Waals surface area contributed by atoms with E-state index in [1.54, 1.807) is 19.6 Å². The van der Waals surface area contributed by atoms with Gasteiger partial charge in [-0.1, -0.05) is 38.1 Å². The fourth-order valence-electron chi connectivity index (χ4n) is 3.44. The number of para-hydroxylation sites is 2. The van der Waals surface area contributed by atoms with Crippen molar-refractivity contribution in [2.24, 2.45) is 0 Å². The summed E-state index contributed by atoms with van der Waals surface area (Å²) in [5.74, 6) is 1.76. The molecule has 176 valence electrons. The number of likely N-dealkylation sites (N-methyl/N-ethyl adjacent to an activating group) is 1. The Morgan fingerprint density at radius 1 is 1.03 bits per heavy atom. The second-order valence-corrected chi connectivity index (χ2v) is 8.10. The first kappa shape index (κ1) is 24.5. The minimum Gasteiger partial charge on any atom is -0.493 e. The first-order chi connectivity index (χ1) is 16.1. The van der Waals surface area contributed by atoms with Crippen molar-refractivity contribution in [3.05, 3.63) is 59.1 Å². The van der Waals surface area contributed by atoms with Gasteiger partial charge in [0.05, 0.1) is 19.8 Å². The molecule has 33 heavy (non-hydrogen) atoms. The van der Waals surface area contributed by atoms with Gasteiger partial charge in [-0.25, -0.2) is 4.98 Å². The van der Waals surface area contributed by atoms with Crippen LogP contribution in [0.15, 0.2) is 47.8 Å². The predicted octanol–water partition coefficient (Wildman–Crippen LogP) is 4.48. The van der Waals surface area contributed by atoms with Gasteiger partial charge < -0.3 is 24.4 Å². The second kappa shape index (κ2) is 12.2. The van der Waals surface area contributed by atoms with Crippen LogP contribution in [0.25, 0.3) is 10.6 Å². The number of rotatable bonds is 12. The maximum absolute atomic E-state index is 12.8. The van der Waals surface area contributed by atoms with Crippen LogP contribution in [0.1, 0.15) is 29.9 Å². The van der Waals surface area contributed by atoms with Crippen LogP contribution in [0.4, 0.5) is 0 Å². The molecule has 0 aliphatic carbocycles. The molecule has 0 fully saturated rings. The lowest BCUT2D eigenvalue weighted by Gasteiger charge is -2.19. The highest BCUT2D eigenvalue weighted by atomic mass is 32.1. The van der Waals surface area contributed by atoms with E-state index in [1.165, 1.54) is 11.3 Å². The average molecular weight is 470 g/mol. The smallest absolute Gasteiger partial charge is 0.271 e. The molecule has 8 heteroatoms. The first-order valence-electron chi connectivity index (χ1n) is 11.0. The fourth-order valence-corrected chi connectivity index (χ4v) is 4.26. The van der Waals surface area contributed by atoms with Crippen molar-refractivity contribution in [2.45, 2.75) is 20.4 Å². The minimum absolute atomic E-state index is 0.239. The third kappa shape index (κ3) is 6.24. The molecule has 1 amide bonds. The van der Waals surface area contributed by atoms with Gasteiger partial charge in [0, 0.05) is 24.0 Å². The van der Waals surface area contributed by atoms with E-state index >= 15 is 0 Å². The Morgan fingerprint density at radius 2 is 1.79 bits per heavy atom. The number of aromatic nitrogens is 1. The fraction of sp³-hybridized carbons (Fsp3) is 0.360. The van der Waals surface area contributed by atoms with Crippen LogP contribution in [0.3, 0.4) is 0 Å². The highest BCUT2D eigenvalue weighted by molar-refractivity contribution is 7.13. The van der Waals surface area contributed by atoms with E-state index in [2.05, 4.69) is 29.0 Å². The van der Waals surface area contributed by atoms with Crippen molar-refractivity contribution in [1.82, 2.24) is 15.2 Å². The molecule has 0 bridgehead atoms. The van der Waals surface area contributed by atoms with Gasteiger partial charge in [-0.3, -0.25) is 4.79 Å². The van der Waals surface area contributed by atoms with E-state index in [4.69, 9.17) is 14.2 Å². The third-order valence-corrected chi connectivity index (χ3v) is 6.22. The normalized spacial score (nSPS) is 10.8. The molecule has 7 nitrogen and oxygen atoms in total. The summed E-state index contributed by atoms with van der Waals surface area (Å²) in [7, 11) is 3.18. The number of ether oxygens (including phenoxy) is 3. The molecule has 0 unspecified atom stereocenters. The maximum Gasteiger partial charge on any atom is 0.271 e. The lowest BCUT2D eigenvalue weighted by Crippen LogP contribution is -2.28. The van der Waals surface area contributed by atoms with Crippen molar-refractivity contribution >= 4 is 17.2 Å². The number of hydrogen-bond donors (Lipinski definition) is 1. The maximum atomic E-state index is 12.8. The molecule has 3 aromatic rings. The van der Waals surface area contributed by atoms with Gasteiger partial charge in [0.25, 0.3) is 5.91 Å². The zero-order valence-electron chi connectivity index (χ0n) is 19.6. The number of methoxy groups -OCH3 is 2. The van der Waals surface area contributed by atoms with E-state index in [0.29, 0.717) is 35.4 Å². The molecular weight excluding hydrogens is 438 g/mol. The average Bonchev–Trinajstić information content (AvgIpc) is 3.35. The first-order valence-corrected chi connectivity index (χ1v) is 11.9. The van der Waals surface area contributed by atoms with E-state index < -0.39 is 0 Å². The summed E-state index contributed by atoms with van der Waals surface area (Å²) < 4.78 is 16.8. The number of benzene rings is 2. The Balaban J connectivity index is 1.65. The standard InChI is InChI=1S/C25H31N3O4S/c1-5-28(6-2)14-15-32-21-12-8-7-10-18(21)16-26-24(29)20-17-33-25(27-20)19-11-9-13-22(30-3)23(19)31-4/h7-13,17H,5-6,14-16H2,1-4H3,(H,26,29). The molecule has 0 saturated heterocycles. The molecule has 2 aromatic carbocycles. The largest absolute Gasteiger partial charge is 0.493 e. The van der Waals surface area contributed by atoms with Crippen LogP contribution >= 0.6 is 11.3 Å². The van der Waals surface area contributed by atoms with Gasteiger partial charge in [-0.15, -0.1) is 11.3 Å². The topological polar surface area (TPSA) is 72.9 Å². The predicted molar refractivity (Wildman–Crippen MR) is 132 cm³/mol. The van der Waals surface area contributed by atoms with Crippen LogP contribution in [-0.2, 0) is 6.54 Å². The summed E-state index contributed by atoms with van der Waals surface area (Å²) >= 11 is 1.39. The summed E-state index contributed by atoms with van der Waals surface area (Å²) in [5.41, 5.74) is 2.07. The Kier molecular flexibility index (Phi) is 9.09. The molecule has 0 aliphatic heterocycles. The highest BCUT2D eigenvalue weighted by Gasteiger charge is 2.17. The van der Waals surface area contributed by atoms with Crippen LogP contribution in [0, 0.1) is 0 Å². The molecule has 0 aliphatic rings. The number of carbonyl (C=O) groups excluding carboxylic acids is 1. The van der Waals surface area contributed by atoms with E-state index in [0.717, 1.165) is 36.5 Å². The highest BCUT2D eigenvalue weighted by Crippen LogP contribution is 2.38. The lowest BCUT2D eigenvalue weighted by atomic mass is 10.2. The molecule has 1 aromatic heterocycles. The van der Waals surface area contributed by atoms with Crippen molar-refractivity contribution < 1.29 is 19.0 Å². The van der Waals surface area contributed by atoms with E-state index in [9.17, 15) is 4.79 Å². The van der Waals surface area contributed by atoms with Gasteiger partial charge in [-0.05, 0) is 31.3 Å². The van der Waals surface area contributed by atoms with Crippen LogP contribution < -0.4 is 19.5 Å². The molecule has 0 atom stereocenters. The Hall–Kier alpha value is -3.10. The molecule has 3 rings (SSSR count). The Bertz CT molecular complexity index is 1050. The lowest BCUT2D eigenvalue weighted by molar-refractivity contribution is 0.0946. The molecule has 0 spiro atoms. The SMILES string of the molecule is CCN(CC)CCOc1ccccc1CNC(=O)c1csc(-c2cccc(OC)c2OC)n1. The second-order valence-electron chi connectivity index (χ2n) is 7.24. The van der Waals surface area contributed by atoms with Crippen LogP contribution in [0.2, 0.25) is 0 Å². The van der Waals surface area contributed by atoms with Gasteiger partial charge in [0.2, 0.25) is 0 Å². The van der Waals surface area contributed by atoms with Crippen molar-refractivity contribution in [3.63, 3.8) is 0 Å². The van der Waals surface area contributed by atoms with Gasteiger partial charge in [0.1, 0.15) is 23.1 Å². The van der Waals surface area contributed by atoms with E-state index in [-0.39, 0.29) is 5.91 Å². The molecular formula is C25H31N3O4S. The summed E-state index contributed by atoms with van der Waals surface area (Å²) in [5, 5.41) is 5.39. The molecule has 0 radical (unpaired) electrons. The molecule has 1 heterocycles.